The molecule has 0 aliphatic heterocycles. The van der Waals surface area contributed by atoms with E-state index in [1.165, 1.54) is 30.9 Å². The zero-order valence-electron chi connectivity index (χ0n) is 25.0. The molecular weight excluding hydrogens is 597 g/mol. The van der Waals surface area contributed by atoms with E-state index < -0.39 is 15.7 Å². The first-order chi connectivity index (χ1) is 21.7. The molecular formula is C32H34FN7O4S. The molecule has 0 radical (unpaired) electrons. The number of carbonyl (C=O) groups excluding carboxylic acids is 1. The third-order valence-corrected chi connectivity index (χ3v) is 9.65. The van der Waals surface area contributed by atoms with E-state index in [2.05, 4.69) is 20.6 Å². The van der Waals surface area contributed by atoms with Crippen LogP contribution in [0, 0.1) is 5.82 Å². The minimum Gasteiger partial charge on any atom is -0.457 e. The maximum absolute atomic E-state index is 14.6. The second-order valence-electron chi connectivity index (χ2n) is 11.3. The number of aromatic nitrogens is 5. The summed E-state index contributed by atoms with van der Waals surface area (Å²) >= 11 is 0. The summed E-state index contributed by atoms with van der Waals surface area (Å²) < 4.78 is 48.9. The lowest BCUT2D eigenvalue weighted by Crippen LogP contribution is -2.26. The summed E-state index contributed by atoms with van der Waals surface area (Å²) in [6, 6.07) is 13.8. The molecule has 1 amide bonds. The number of carbonyl (C=O) groups is 1. The fraction of sp³-hybridized carbons (Fsp3) is 0.312. The van der Waals surface area contributed by atoms with Crippen LogP contribution in [0.15, 0.2) is 72.3 Å². The summed E-state index contributed by atoms with van der Waals surface area (Å²) in [5.74, 6) is 1.06. The molecule has 6 rings (SSSR count). The lowest BCUT2D eigenvalue weighted by atomic mass is 9.96. The van der Waals surface area contributed by atoms with E-state index in [0.717, 1.165) is 42.5 Å². The van der Waals surface area contributed by atoms with Crippen molar-refractivity contribution in [1.82, 2.24) is 29.4 Å². The molecule has 0 bridgehead atoms. The van der Waals surface area contributed by atoms with Crippen LogP contribution in [0.5, 0.6) is 11.5 Å². The average molecular weight is 632 g/mol. The van der Waals surface area contributed by atoms with Crippen molar-refractivity contribution < 1.29 is 22.3 Å². The van der Waals surface area contributed by atoms with Crippen LogP contribution in [-0.2, 0) is 23.9 Å². The van der Waals surface area contributed by atoms with Crippen LogP contribution in [0.2, 0.25) is 0 Å². The van der Waals surface area contributed by atoms with Gasteiger partial charge in [-0.15, -0.1) is 0 Å². The third kappa shape index (κ3) is 6.83. The topological polar surface area (TPSA) is 133 Å². The first-order valence-corrected chi connectivity index (χ1v) is 16.5. The number of anilines is 2. The van der Waals surface area contributed by atoms with Gasteiger partial charge in [-0.05, 0) is 67.1 Å². The maximum Gasteiger partial charge on any atom is 0.270 e. The van der Waals surface area contributed by atoms with Crippen LogP contribution in [0.3, 0.4) is 0 Å². The molecule has 1 aliphatic carbocycles. The highest BCUT2D eigenvalue weighted by atomic mass is 32.2. The molecule has 2 aromatic carbocycles. The summed E-state index contributed by atoms with van der Waals surface area (Å²) in [5, 5.41) is 6.06. The van der Waals surface area contributed by atoms with E-state index in [1.54, 1.807) is 29.8 Å². The summed E-state index contributed by atoms with van der Waals surface area (Å²) in [7, 11) is 0.0766. The predicted octanol–water partition coefficient (Wildman–Crippen LogP) is 5.63. The Morgan fingerprint density at radius 3 is 2.62 bits per heavy atom. The average Bonchev–Trinajstić information content (AvgIpc) is 3.78. The number of fused-ring (bicyclic) bond motifs is 1. The van der Waals surface area contributed by atoms with Gasteiger partial charge in [-0.3, -0.25) is 9.78 Å². The number of ether oxygens (including phenoxy) is 1. The zero-order valence-corrected chi connectivity index (χ0v) is 25.8. The van der Waals surface area contributed by atoms with Crippen LogP contribution < -0.4 is 15.4 Å². The van der Waals surface area contributed by atoms with Gasteiger partial charge in [0.1, 0.15) is 23.0 Å². The Labute approximate surface area is 260 Å². The summed E-state index contributed by atoms with van der Waals surface area (Å²) in [5.41, 5.74) is 3.25. The molecule has 13 heteroatoms. The van der Waals surface area contributed by atoms with Crippen molar-refractivity contribution in [1.29, 1.82) is 0 Å². The minimum atomic E-state index is -3.53. The van der Waals surface area contributed by atoms with Crippen molar-refractivity contribution >= 4 is 38.4 Å². The number of pyridine rings is 1. The van der Waals surface area contributed by atoms with Gasteiger partial charge < -0.3 is 24.5 Å². The van der Waals surface area contributed by atoms with Crippen LogP contribution in [-0.4, -0.2) is 50.7 Å². The normalized spacial score (nSPS) is 13.8. The van der Waals surface area contributed by atoms with Crippen molar-refractivity contribution in [2.45, 2.75) is 43.0 Å². The van der Waals surface area contributed by atoms with Gasteiger partial charge in [0.15, 0.2) is 14.9 Å². The summed E-state index contributed by atoms with van der Waals surface area (Å²) in [6.07, 6.45) is 8.87. The second kappa shape index (κ2) is 12.7. The first-order valence-electron chi connectivity index (χ1n) is 14.8. The number of hydrogen-bond acceptors (Lipinski definition) is 8. The van der Waals surface area contributed by atoms with Gasteiger partial charge in [-0.1, -0.05) is 12.8 Å². The van der Waals surface area contributed by atoms with Gasteiger partial charge in [0.05, 0.1) is 23.1 Å². The maximum atomic E-state index is 14.6. The molecule has 11 nitrogen and oxygen atoms in total. The van der Waals surface area contributed by atoms with Gasteiger partial charge in [0.25, 0.3) is 5.91 Å². The highest BCUT2D eigenvalue weighted by Gasteiger charge is 2.21. The number of aryl methyl sites for hydroxylation is 2. The number of halogens is 1. The number of hydrogen-bond donors (Lipinski definition) is 2. The highest BCUT2D eigenvalue weighted by Crippen LogP contribution is 2.37. The van der Waals surface area contributed by atoms with Gasteiger partial charge >= 0.3 is 0 Å². The molecule has 2 N–H and O–H groups in total. The fourth-order valence-electron chi connectivity index (χ4n) is 5.60. The number of sulfone groups is 1. The molecule has 45 heavy (non-hydrogen) atoms. The smallest absolute Gasteiger partial charge is 0.270 e. The molecule has 3 heterocycles. The number of nitrogens with one attached hydrogen (secondary N) is 2. The molecule has 1 fully saturated rings. The van der Waals surface area contributed by atoms with Gasteiger partial charge in [-0.25, -0.2) is 22.8 Å². The van der Waals surface area contributed by atoms with Crippen molar-refractivity contribution in [3.05, 3.63) is 84.3 Å². The van der Waals surface area contributed by atoms with Crippen molar-refractivity contribution in [3.63, 3.8) is 0 Å². The number of imidazole rings is 2. The Morgan fingerprint density at radius 2 is 1.84 bits per heavy atom. The monoisotopic (exact) mass is 631 g/mol. The molecule has 0 saturated heterocycles. The highest BCUT2D eigenvalue weighted by molar-refractivity contribution is 7.91. The fourth-order valence-corrected chi connectivity index (χ4v) is 6.87. The van der Waals surface area contributed by atoms with Crippen molar-refractivity contribution in [2.75, 3.05) is 17.6 Å². The van der Waals surface area contributed by atoms with E-state index in [4.69, 9.17) is 9.72 Å². The quantitative estimate of drug-likeness (QED) is 0.179. The predicted molar refractivity (Wildman–Crippen MR) is 168 cm³/mol. The molecule has 3 aromatic heterocycles. The van der Waals surface area contributed by atoms with Gasteiger partial charge in [-0.2, -0.15) is 0 Å². The van der Waals surface area contributed by atoms with Crippen LogP contribution >= 0.6 is 0 Å². The second-order valence-corrected chi connectivity index (χ2v) is 13.3. The standard InChI is InChI=1S/C32H34FN7O4S/c1-39-19-30(36-20-39)45(42,43)15-5-13-35-31(41)28-18-24(12-14-34-28)44-23-9-11-29-27(17-23)38-32(40(29)2)37-22-8-10-26(33)25(16-22)21-6-3-4-7-21/h8-12,14,16-21H,3-7,13,15H2,1-2H3,(H,35,41)(H,37,38). The first kappa shape index (κ1) is 30.3. The summed E-state index contributed by atoms with van der Waals surface area (Å²) in [6.45, 7) is 0.157. The Hall–Kier alpha value is -4.78. The molecule has 234 valence electrons. The number of benzene rings is 2. The molecule has 0 atom stereocenters. The molecule has 1 aliphatic rings. The van der Waals surface area contributed by atoms with Gasteiger partial charge in [0.2, 0.25) is 5.95 Å². The number of rotatable bonds is 11. The number of nitrogens with zero attached hydrogens (tertiary/aromatic N) is 5. The minimum absolute atomic E-state index is 0.0141. The Kier molecular flexibility index (Phi) is 8.52. The lowest BCUT2D eigenvalue weighted by Gasteiger charge is -2.13. The molecule has 0 spiro atoms. The summed E-state index contributed by atoms with van der Waals surface area (Å²) in [4.78, 5) is 25.5. The Bertz CT molecular complexity index is 1970. The third-order valence-electron chi connectivity index (χ3n) is 7.97. The van der Waals surface area contributed by atoms with Crippen molar-refractivity contribution in [2.24, 2.45) is 14.1 Å². The zero-order chi connectivity index (χ0) is 31.6. The van der Waals surface area contributed by atoms with E-state index in [0.29, 0.717) is 23.0 Å². The molecule has 5 aromatic rings. The van der Waals surface area contributed by atoms with Crippen LogP contribution in [0.1, 0.15) is 54.1 Å². The van der Waals surface area contributed by atoms with Gasteiger partial charge in [0, 0.05) is 50.9 Å². The Balaban J connectivity index is 1.09. The van der Waals surface area contributed by atoms with E-state index >= 15 is 0 Å². The lowest BCUT2D eigenvalue weighted by molar-refractivity contribution is 0.0948. The molecule has 0 unspecified atom stereocenters. The van der Waals surface area contributed by atoms with Crippen LogP contribution in [0.25, 0.3) is 11.0 Å². The molecule has 1 saturated carbocycles. The Morgan fingerprint density at radius 1 is 1.04 bits per heavy atom. The largest absolute Gasteiger partial charge is 0.457 e. The number of amides is 1. The van der Waals surface area contributed by atoms with E-state index in [1.807, 2.05) is 29.8 Å². The van der Waals surface area contributed by atoms with Crippen LogP contribution in [0.4, 0.5) is 16.0 Å². The van der Waals surface area contributed by atoms with E-state index in [9.17, 15) is 17.6 Å². The van der Waals surface area contributed by atoms with Crippen molar-refractivity contribution in [3.8, 4) is 11.5 Å². The van der Waals surface area contributed by atoms with E-state index in [-0.39, 0.29) is 41.2 Å². The SMILES string of the molecule is Cn1cnc(S(=O)(=O)CCCNC(=O)c2cc(Oc3ccc4c(c3)nc(Nc3ccc(F)c(C5CCCC5)c3)n4C)ccn2)c1.